The van der Waals surface area contributed by atoms with Gasteiger partial charge in [-0.3, -0.25) is 0 Å². The van der Waals surface area contributed by atoms with E-state index in [9.17, 15) is 0 Å². The van der Waals surface area contributed by atoms with E-state index < -0.39 is 0 Å². The molecule has 0 aliphatic carbocycles. The molecule has 0 bridgehead atoms. The van der Waals surface area contributed by atoms with Crippen LogP contribution < -0.4 is 0 Å². The lowest BCUT2D eigenvalue weighted by molar-refractivity contribution is -0.0634. The van der Waals surface area contributed by atoms with Crippen molar-refractivity contribution in [2.24, 2.45) is 0 Å². The number of hydrazine groups is 1. The monoisotopic (exact) mass is 211 g/mol. The van der Waals surface area contributed by atoms with Crippen LogP contribution in [0.5, 0.6) is 0 Å². The smallest absolute Gasteiger partial charge is 0.0148 e. The fourth-order valence-electron chi connectivity index (χ4n) is 2.81. The molecule has 0 spiro atoms. The molecular weight excluding hydrogens is 186 g/mol. The van der Waals surface area contributed by atoms with Crippen LogP contribution in [0.4, 0.5) is 0 Å². The maximum Gasteiger partial charge on any atom is 0.0148 e. The second kappa shape index (κ2) is 5.28. The molecular formula is C12H25N3. The van der Waals surface area contributed by atoms with Gasteiger partial charge in [0.2, 0.25) is 0 Å². The van der Waals surface area contributed by atoms with Crippen LogP contribution in [0.1, 0.15) is 32.1 Å². The third-order valence-corrected chi connectivity index (χ3v) is 3.90. The molecule has 2 rings (SSSR count). The van der Waals surface area contributed by atoms with E-state index in [4.69, 9.17) is 0 Å². The minimum absolute atomic E-state index is 0.811. The first-order chi connectivity index (χ1) is 7.27. The van der Waals surface area contributed by atoms with Crippen LogP contribution in [-0.2, 0) is 0 Å². The van der Waals surface area contributed by atoms with E-state index in [-0.39, 0.29) is 0 Å². The average molecular weight is 211 g/mol. The normalized spacial score (nSPS) is 27.4. The highest BCUT2D eigenvalue weighted by Gasteiger charge is 2.25. The Morgan fingerprint density at radius 1 is 0.800 bits per heavy atom. The molecule has 0 aromatic carbocycles. The van der Waals surface area contributed by atoms with E-state index in [0.717, 1.165) is 6.04 Å². The van der Waals surface area contributed by atoms with Gasteiger partial charge >= 0.3 is 0 Å². The number of piperidine rings is 2. The molecule has 3 heteroatoms. The lowest BCUT2D eigenvalue weighted by Crippen LogP contribution is -2.51. The molecule has 2 fully saturated rings. The van der Waals surface area contributed by atoms with Crippen molar-refractivity contribution in [1.29, 1.82) is 0 Å². The van der Waals surface area contributed by atoms with Crippen LogP contribution in [0.3, 0.4) is 0 Å². The summed E-state index contributed by atoms with van der Waals surface area (Å²) < 4.78 is 0. The van der Waals surface area contributed by atoms with Gasteiger partial charge in [-0.05, 0) is 39.8 Å². The molecule has 0 atom stereocenters. The Morgan fingerprint density at radius 3 is 1.87 bits per heavy atom. The zero-order valence-electron chi connectivity index (χ0n) is 10.3. The maximum atomic E-state index is 2.60. The Hall–Kier alpha value is -0.120. The van der Waals surface area contributed by atoms with Crippen LogP contribution in [0.25, 0.3) is 0 Å². The third-order valence-electron chi connectivity index (χ3n) is 3.90. The summed E-state index contributed by atoms with van der Waals surface area (Å²) in [5.41, 5.74) is 0. The molecule has 0 N–H and O–H groups in total. The molecule has 0 amide bonds. The lowest BCUT2D eigenvalue weighted by Gasteiger charge is -2.42. The lowest BCUT2D eigenvalue weighted by atomic mass is 10.0. The molecule has 3 nitrogen and oxygen atoms in total. The van der Waals surface area contributed by atoms with E-state index in [1.165, 1.54) is 58.3 Å². The molecule has 2 aliphatic heterocycles. The maximum absolute atomic E-state index is 2.60. The third kappa shape index (κ3) is 2.92. The van der Waals surface area contributed by atoms with Gasteiger partial charge in [-0.25, -0.2) is 10.0 Å². The highest BCUT2D eigenvalue weighted by atomic mass is 15.6. The molecule has 0 aromatic rings. The standard InChI is InChI=1S/C12H25N3/c1-13(2)12-6-10-15(11-7-12)14-8-4-3-5-9-14/h12H,3-11H2,1-2H3. The van der Waals surface area contributed by atoms with Crippen molar-refractivity contribution < 1.29 is 0 Å². The van der Waals surface area contributed by atoms with Crippen LogP contribution in [0.2, 0.25) is 0 Å². The van der Waals surface area contributed by atoms with Gasteiger partial charge in [0.1, 0.15) is 0 Å². The highest BCUT2D eigenvalue weighted by Crippen LogP contribution is 2.19. The summed E-state index contributed by atoms with van der Waals surface area (Å²) in [4.78, 5) is 2.38. The summed E-state index contributed by atoms with van der Waals surface area (Å²) in [7, 11) is 4.42. The summed E-state index contributed by atoms with van der Waals surface area (Å²) in [6.07, 6.45) is 6.90. The SMILES string of the molecule is CN(C)C1CCN(N2CCCCC2)CC1. The number of rotatable bonds is 2. The second-order valence-electron chi connectivity index (χ2n) is 5.16. The highest BCUT2D eigenvalue weighted by molar-refractivity contribution is 4.77. The van der Waals surface area contributed by atoms with E-state index in [0.29, 0.717) is 0 Å². The Labute approximate surface area is 94.0 Å². The second-order valence-corrected chi connectivity index (χ2v) is 5.16. The van der Waals surface area contributed by atoms with Crippen molar-refractivity contribution in [3.8, 4) is 0 Å². The van der Waals surface area contributed by atoms with Gasteiger partial charge in [-0.2, -0.15) is 0 Å². The van der Waals surface area contributed by atoms with Crippen molar-refractivity contribution in [2.75, 3.05) is 40.3 Å². The molecule has 0 radical (unpaired) electrons. The average Bonchev–Trinajstić information content (AvgIpc) is 2.30. The minimum Gasteiger partial charge on any atom is -0.306 e. The first kappa shape index (κ1) is 11.4. The fraction of sp³-hybridized carbons (Fsp3) is 1.00. The zero-order valence-corrected chi connectivity index (χ0v) is 10.3. The number of hydrogen-bond acceptors (Lipinski definition) is 3. The van der Waals surface area contributed by atoms with Crippen molar-refractivity contribution in [2.45, 2.75) is 38.1 Å². The largest absolute Gasteiger partial charge is 0.306 e. The van der Waals surface area contributed by atoms with E-state index >= 15 is 0 Å². The molecule has 15 heavy (non-hydrogen) atoms. The Bertz CT molecular complexity index is 179. The molecule has 0 unspecified atom stereocenters. The van der Waals surface area contributed by atoms with Gasteiger partial charge < -0.3 is 4.90 Å². The van der Waals surface area contributed by atoms with Gasteiger partial charge in [-0.15, -0.1) is 0 Å². The van der Waals surface area contributed by atoms with Gasteiger partial charge in [0.15, 0.2) is 0 Å². The minimum atomic E-state index is 0.811. The first-order valence-electron chi connectivity index (χ1n) is 6.43. The van der Waals surface area contributed by atoms with Crippen LogP contribution in [0, 0.1) is 0 Å². The van der Waals surface area contributed by atoms with E-state index in [2.05, 4.69) is 29.0 Å². The van der Waals surface area contributed by atoms with Gasteiger partial charge in [-0.1, -0.05) is 6.42 Å². The van der Waals surface area contributed by atoms with Crippen molar-refractivity contribution >= 4 is 0 Å². The quantitative estimate of drug-likeness (QED) is 0.684. The van der Waals surface area contributed by atoms with Gasteiger partial charge in [0.05, 0.1) is 0 Å². The van der Waals surface area contributed by atoms with E-state index in [1.807, 2.05) is 0 Å². The fourth-order valence-corrected chi connectivity index (χ4v) is 2.81. The van der Waals surface area contributed by atoms with Gasteiger partial charge in [0.25, 0.3) is 0 Å². The van der Waals surface area contributed by atoms with Crippen molar-refractivity contribution in [3.05, 3.63) is 0 Å². The summed E-state index contributed by atoms with van der Waals surface area (Å²) >= 11 is 0. The van der Waals surface area contributed by atoms with E-state index in [1.54, 1.807) is 0 Å². The van der Waals surface area contributed by atoms with Crippen LogP contribution in [0.15, 0.2) is 0 Å². The van der Waals surface area contributed by atoms with Crippen molar-refractivity contribution in [3.63, 3.8) is 0 Å². The van der Waals surface area contributed by atoms with Crippen molar-refractivity contribution in [1.82, 2.24) is 14.9 Å². The predicted octanol–water partition coefficient (Wildman–Crippen LogP) is 1.41. The molecule has 2 aliphatic rings. The zero-order chi connectivity index (χ0) is 10.7. The summed E-state index contributed by atoms with van der Waals surface area (Å²) in [5, 5.41) is 5.19. The van der Waals surface area contributed by atoms with Gasteiger partial charge in [0, 0.05) is 32.2 Å². The molecule has 2 saturated heterocycles. The number of hydrogen-bond donors (Lipinski definition) is 0. The first-order valence-corrected chi connectivity index (χ1v) is 6.43. The van der Waals surface area contributed by atoms with Crippen LogP contribution >= 0.6 is 0 Å². The Balaban J connectivity index is 1.77. The summed E-state index contributed by atoms with van der Waals surface area (Å²) in [5.74, 6) is 0. The predicted molar refractivity (Wildman–Crippen MR) is 63.7 cm³/mol. The topological polar surface area (TPSA) is 9.72 Å². The Morgan fingerprint density at radius 2 is 1.33 bits per heavy atom. The molecule has 0 aromatic heterocycles. The molecule has 88 valence electrons. The molecule has 2 heterocycles. The Kier molecular flexibility index (Phi) is 4.00. The van der Waals surface area contributed by atoms with Crippen LogP contribution in [-0.4, -0.2) is 61.2 Å². The summed E-state index contributed by atoms with van der Waals surface area (Å²) in [6, 6.07) is 0.811. The molecule has 0 saturated carbocycles. The number of nitrogens with zero attached hydrogens (tertiary/aromatic N) is 3. The summed E-state index contributed by atoms with van der Waals surface area (Å²) in [6.45, 7) is 5.13.